The van der Waals surface area contributed by atoms with E-state index in [1.807, 2.05) is 42.5 Å². The van der Waals surface area contributed by atoms with E-state index in [2.05, 4.69) is 31.1 Å². The van der Waals surface area contributed by atoms with Crippen LogP contribution in [-0.4, -0.2) is 22.2 Å². The molecule has 0 spiro atoms. The number of aliphatic hydroxyl groups excluding tert-OH is 1. The quantitative estimate of drug-likeness (QED) is 0.897. The van der Waals surface area contributed by atoms with Crippen LogP contribution in [-0.2, 0) is 0 Å². The molecule has 2 N–H and O–H groups in total. The molecule has 2 rings (SSSR count). The van der Waals surface area contributed by atoms with Crippen LogP contribution in [0.5, 0.6) is 0 Å². The Bertz CT molecular complexity index is 546. The zero-order valence-electron chi connectivity index (χ0n) is 12.3. The summed E-state index contributed by atoms with van der Waals surface area (Å²) in [5, 5.41) is 13.7. The SMILES string of the molecule is CC(C)(C)NC[C@H](O)c1cccnc1-c1ccccc1. The van der Waals surface area contributed by atoms with Crippen molar-refractivity contribution in [3.63, 3.8) is 0 Å². The van der Waals surface area contributed by atoms with E-state index in [9.17, 15) is 5.11 Å². The lowest BCUT2D eigenvalue weighted by Crippen LogP contribution is -2.38. The van der Waals surface area contributed by atoms with E-state index in [1.165, 1.54) is 0 Å². The molecule has 0 bridgehead atoms. The summed E-state index contributed by atoms with van der Waals surface area (Å²) in [7, 11) is 0. The molecule has 0 amide bonds. The Hall–Kier alpha value is -1.71. The highest BCUT2D eigenvalue weighted by Crippen LogP contribution is 2.25. The van der Waals surface area contributed by atoms with Crippen molar-refractivity contribution in [2.45, 2.75) is 32.4 Å². The Morgan fingerprint density at radius 1 is 1.10 bits per heavy atom. The number of β-amino-alcohol motifs (C(OH)–C–C–N with tert-alkyl or cyclic N) is 1. The molecule has 0 radical (unpaired) electrons. The van der Waals surface area contributed by atoms with Crippen molar-refractivity contribution in [3.8, 4) is 11.3 Å². The maximum absolute atomic E-state index is 10.4. The Morgan fingerprint density at radius 2 is 1.80 bits per heavy atom. The van der Waals surface area contributed by atoms with Gasteiger partial charge in [0.1, 0.15) is 0 Å². The smallest absolute Gasteiger partial charge is 0.0935 e. The summed E-state index contributed by atoms with van der Waals surface area (Å²) in [6.07, 6.45) is 1.19. The van der Waals surface area contributed by atoms with Crippen molar-refractivity contribution >= 4 is 0 Å². The molecule has 20 heavy (non-hydrogen) atoms. The van der Waals surface area contributed by atoms with E-state index >= 15 is 0 Å². The molecule has 3 nitrogen and oxygen atoms in total. The lowest BCUT2D eigenvalue weighted by Gasteiger charge is -2.23. The maximum atomic E-state index is 10.4. The van der Waals surface area contributed by atoms with E-state index in [0.717, 1.165) is 16.8 Å². The topological polar surface area (TPSA) is 45.1 Å². The standard InChI is InChI=1S/C17H22N2O/c1-17(2,3)19-12-15(20)14-10-7-11-18-16(14)13-8-5-4-6-9-13/h4-11,15,19-20H,12H2,1-3H3/t15-/m0/s1. The van der Waals surface area contributed by atoms with Gasteiger partial charge in [-0.05, 0) is 26.8 Å². The van der Waals surface area contributed by atoms with Crippen molar-refractivity contribution in [1.82, 2.24) is 10.3 Å². The molecular weight excluding hydrogens is 248 g/mol. The van der Waals surface area contributed by atoms with E-state index in [1.54, 1.807) is 6.20 Å². The molecule has 2 aromatic rings. The highest BCUT2D eigenvalue weighted by atomic mass is 16.3. The van der Waals surface area contributed by atoms with Gasteiger partial charge in [0.15, 0.2) is 0 Å². The largest absolute Gasteiger partial charge is 0.387 e. The van der Waals surface area contributed by atoms with Gasteiger partial charge in [0.25, 0.3) is 0 Å². The molecule has 106 valence electrons. The van der Waals surface area contributed by atoms with Gasteiger partial charge in [-0.15, -0.1) is 0 Å². The minimum atomic E-state index is -0.571. The second-order valence-electron chi connectivity index (χ2n) is 5.95. The molecule has 0 aliphatic rings. The summed E-state index contributed by atoms with van der Waals surface area (Å²) in [4.78, 5) is 4.43. The van der Waals surface area contributed by atoms with Gasteiger partial charge in [0, 0.05) is 29.4 Å². The number of hydrogen-bond acceptors (Lipinski definition) is 3. The zero-order valence-corrected chi connectivity index (χ0v) is 12.3. The number of pyridine rings is 1. The van der Waals surface area contributed by atoms with Crippen LogP contribution in [0.15, 0.2) is 48.7 Å². The van der Waals surface area contributed by atoms with Crippen molar-refractivity contribution in [1.29, 1.82) is 0 Å². The van der Waals surface area contributed by atoms with Gasteiger partial charge in [-0.25, -0.2) is 0 Å². The third-order valence-corrected chi connectivity index (χ3v) is 3.07. The summed E-state index contributed by atoms with van der Waals surface area (Å²) < 4.78 is 0. The highest BCUT2D eigenvalue weighted by Gasteiger charge is 2.17. The van der Waals surface area contributed by atoms with E-state index in [-0.39, 0.29) is 5.54 Å². The predicted molar refractivity (Wildman–Crippen MR) is 82.4 cm³/mol. The fourth-order valence-corrected chi connectivity index (χ4v) is 2.04. The number of benzene rings is 1. The van der Waals surface area contributed by atoms with Gasteiger partial charge in [-0.2, -0.15) is 0 Å². The minimum absolute atomic E-state index is 0.0178. The molecule has 0 aliphatic carbocycles. The average molecular weight is 270 g/mol. The molecule has 0 saturated carbocycles. The van der Waals surface area contributed by atoms with Gasteiger partial charge >= 0.3 is 0 Å². The summed E-state index contributed by atoms with van der Waals surface area (Å²) >= 11 is 0. The van der Waals surface area contributed by atoms with Gasteiger partial charge in [0.2, 0.25) is 0 Å². The molecule has 0 aliphatic heterocycles. The van der Waals surface area contributed by atoms with Gasteiger partial charge in [0.05, 0.1) is 11.8 Å². The maximum Gasteiger partial charge on any atom is 0.0935 e. The molecule has 1 atom stereocenters. The average Bonchev–Trinajstić information content (AvgIpc) is 2.45. The first kappa shape index (κ1) is 14.7. The van der Waals surface area contributed by atoms with E-state index in [0.29, 0.717) is 6.54 Å². The number of nitrogens with zero attached hydrogens (tertiary/aromatic N) is 1. The second-order valence-corrected chi connectivity index (χ2v) is 5.95. The van der Waals surface area contributed by atoms with Crippen molar-refractivity contribution in [3.05, 3.63) is 54.2 Å². The Balaban J connectivity index is 2.24. The first-order chi connectivity index (χ1) is 9.47. The molecule has 1 aromatic carbocycles. The van der Waals surface area contributed by atoms with Gasteiger partial charge in [-0.1, -0.05) is 36.4 Å². The number of hydrogen-bond donors (Lipinski definition) is 2. The molecule has 3 heteroatoms. The number of aliphatic hydroxyl groups is 1. The molecule has 0 unspecified atom stereocenters. The predicted octanol–water partition coefficient (Wildman–Crippen LogP) is 3.17. The van der Waals surface area contributed by atoms with Crippen LogP contribution in [0.4, 0.5) is 0 Å². The lowest BCUT2D eigenvalue weighted by atomic mass is 10.0. The molecule has 0 fully saturated rings. The summed E-state index contributed by atoms with van der Waals surface area (Å²) in [5.74, 6) is 0. The zero-order chi connectivity index (χ0) is 14.6. The normalized spacial score (nSPS) is 13.2. The first-order valence-corrected chi connectivity index (χ1v) is 6.91. The fourth-order valence-electron chi connectivity index (χ4n) is 2.04. The van der Waals surface area contributed by atoms with Crippen LogP contribution in [0.2, 0.25) is 0 Å². The Labute approximate surface area is 120 Å². The second kappa shape index (κ2) is 6.16. The van der Waals surface area contributed by atoms with Crippen LogP contribution in [0.1, 0.15) is 32.4 Å². The summed E-state index contributed by atoms with van der Waals surface area (Å²) in [6.45, 7) is 6.76. The van der Waals surface area contributed by atoms with Crippen LogP contribution in [0.25, 0.3) is 11.3 Å². The Kier molecular flexibility index (Phi) is 4.53. The molecule has 1 heterocycles. The van der Waals surface area contributed by atoms with Crippen LogP contribution in [0.3, 0.4) is 0 Å². The third kappa shape index (κ3) is 3.89. The van der Waals surface area contributed by atoms with Crippen molar-refractivity contribution < 1.29 is 5.11 Å². The van der Waals surface area contributed by atoms with Crippen LogP contribution >= 0.6 is 0 Å². The number of nitrogens with one attached hydrogen (secondary N) is 1. The lowest BCUT2D eigenvalue weighted by molar-refractivity contribution is 0.163. The molecular formula is C17H22N2O. The fraction of sp³-hybridized carbons (Fsp3) is 0.353. The van der Waals surface area contributed by atoms with Crippen LogP contribution in [0, 0.1) is 0 Å². The molecule has 0 saturated heterocycles. The Morgan fingerprint density at radius 3 is 2.45 bits per heavy atom. The number of aromatic nitrogens is 1. The van der Waals surface area contributed by atoms with Gasteiger partial charge in [-0.3, -0.25) is 4.98 Å². The van der Waals surface area contributed by atoms with E-state index < -0.39 is 6.10 Å². The minimum Gasteiger partial charge on any atom is -0.387 e. The monoisotopic (exact) mass is 270 g/mol. The summed E-state index contributed by atoms with van der Waals surface area (Å²) in [5.41, 5.74) is 2.71. The van der Waals surface area contributed by atoms with Crippen LogP contribution < -0.4 is 5.32 Å². The van der Waals surface area contributed by atoms with Gasteiger partial charge < -0.3 is 10.4 Å². The number of rotatable bonds is 4. The summed E-state index contributed by atoms with van der Waals surface area (Å²) in [6, 6.07) is 13.8. The van der Waals surface area contributed by atoms with Crippen molar-refractivity contribution in [2.24, 2.45) is 0 Å². The third-order valence-electron chi connectivity index (χ3n) is 3.07. The highest BCUT2D eigenvalue weighted by molar-refractivity contribution is 5.63. The van der Waals surface area contributed by atoms with Crippen molar-refractivity contribution in [2.75, 3.05) is 6.54 Å². The van der Waals surface area contributed by atoms with E-state index in [4.69, 9.17) is 0 Å². The first-order valence-electron chi connectivity index (χ1n) is 6.91. The molecule has 1 aromatic heterocycles.